The summed E-state index contributed by atoms with van der Waals surface area (Å²) in [5, 5.41) is 0. The first-order valence-corrected chi connectivity index (χ1v) is 16.5. The standard InChI is InChI=1S/C34H55NO7/c1-4-7-8-9-10-11-12-13-15-31(36)40-24-28(26-42-33(38)39-17-14-16-35(5-2)6-3)25-41-32(37)23-34-20-27-18-29(21-34)30(19-27)22-34/h8-9,11-12,27-30H,4-7,10,13-26H2,1-3H3/b9-8-,12-11-. The number of carbonyl (C=O) groups excluding carboxylic acids is 3. The number of hydrogen-bond acceptors (Lipinski definition) is 8. The fraction of sp³-hybridized carbons (Fsp3) is 0.794. The Bertz CT molecular complexity index is 877. The van der Waals surface area contributed by atoms with Gasteiger partial charge in [0, 0.05) is 13.0 Å². The lowest BCUT2D eigenvalue weighted by molar-refractivity contribution is -0.152. The van der Waals surface area contributed by atoms with E-state index in [1.807, 2.05) is 12.2 Å². The van der Waals surface area contributed by atoms with E-state index in [1.54, 1.807) is 0 Å². The monoisotopic (exact) mass is 589 g/mol. The molecule has 4 aliphatic rings. The summed E-state index contributed by atoms with van der Waals surface area (Å²) in [5.41, 5.74) is 0.111. The molecule has 3 atom stereocenters. The molecule has 0 spiro atoms. The zero-order valence-corrected chi connectivity index (χ0v) is 26.4. The summed E-state index contributed by atoms with van der Waals surface area (Å²) >= 11 is 0. The topological polar surface area (TPSA) is 91.4 Å². The number of carbonyl (C=O) groups is 3. The Morgan fingerprint density at radius 2 is 1.45 bits per heavy atom. The van der Waals surface area contributed by atoms with Gasteiger partial charge in [0.2, 0.25) is 0 Å². The Morgan fingerprint density at radius 1 is 0.810 bits per heavy atom. The average Bonchev–Trinajstić information content (AvgIpc) is 3.39. The van der Waals surface area contributed by atoms with Crippen LogP contribution in [-0.2, 0) is 28.5 Å². The van der Waals surface area contributed by atoms with Crippen molar-refractivity contribution >= 4 is 18.1 Å². The van der Waals surface area contributed by atoms with Gasteiger partial charge in [0.25, 0.3) is 0 Å². The zero-order chi connectivity index (χ0) is 30.2. The van der Waals surface area contributed by atoms with E-state index in [-0.39, 0.29) is 50.2 Å². The molecule has 0 aliphatic heterocycles. The largest absolute Gasteiger partial charge is 0.508 e. The molecule has 8 heteroatoms. The minimum Gasteiger partial charge on any atom is -0.465 e. The van der Waals surface area contributed by atoms with E-state index in [2.05, 4.69) is 37.8 Å². The molecule has 4 rings (SSSR count). The summed E-state index contributed by atoms with van der Waals surface area (Å²) in [6.45, 7) is 9.40. The van der Waals surface area contributed by atoms with Gasteiger partial charge >= 0.3 is 18.1 Å². The third-order valence-corrected chi connectivity index (χ3v) is 9.28. The van der Waals surface area contributed by atoms with Crippen molar-refractivity contribution in [3.63, 3.8) is 0 Å². The van der Waals surface area contributed by atoms with E-state index in [1.165, 1.54) is 12.8 Å². The van der Waals surface area contributed by atoms with E-state index >= 15 is 0 Å². The predicted octanol–water partition coefficient (Wildman–Crippen LogP) is 6.87. The van der Waals surface area contributed by atoms with Crippen LogP contribution in [0, 0.1) is 29.1 Å². The van der Waals surface area contributed by atoms with Crippen LogP contribution in [0.25, 0.3) is 0 Å². The lowest BCUT2D eigenvalue weighted by atomic mass is 9.68. The van der Waals surface area contributed by atoms with Crippen molar-refractivity contribution in [3.8, 4) is 0 Å². The molecular weight excluding hydrogens is 534 g/mol. The molecular formula is C34H55NO7. The SMILES string of the molecule is CCC/C=C\C/C=C\CCC(=O)OCC(COC(=O)CC12CC3CC(C1)C(C3)C2)COC(=O)OCCCN(CC)CC. The molecule has 4 bridgehead atoms. The highest BCUT2D eigenvalue weighted by Crippen LogP contribution is 2.65. The predicted molar refractivity (Wildman–Crippen MR) is 163 cm³/mol. The Labute approximate surface area is 253 Å². The third kappa shape index (κ3) is 11.7. The summed E-state index contributed by atoms with van der Waals surface area (Å²) in [6, 6.07) is 0. The maximum atomic E-state index is 12.9. The molecule has 238 valence electrons. The molecule has 8 nitrogen and oxygen atoms in total. The van der Waals surface area contributed by atoms with Crippen LogP contribution in [0.5, 0.6) is 0 Å². The number of unbranched alkanes of at least 4 members (excludes halogenated alkanes) is 1. The second-order valence-electron chi connectivity index (χ2n) is 12.7. The van der Waals surface area contributed by atoms with Crippen molar-refractivity contribution in [3.05, 3.63) is 24.3 Å². The van der Waals surface area contributed by atoms with Crippen LogP contribution in [0.2, 0.25) is 0 Å². The second-order valence-corrected chi connectivity index (χ2v) is 12.7. The molecule has 3 unspecified atom stereocenters. The van der Waals surface area contributed by atoms with Crippen molar-refractivity contribution in [2.45, 2.75) is 97.8 Å². The van der Waals surface area contributed by atoms with Gasteiger partial charge in [-0.15, -0.1) is 0 Å². The summed E-state index contributed by atoms with van der Waals surface area (Å²) in [7, 11) is 0. The molecule has 0 aromatic heterocycles. The number of ether oxygens (including phenoxy) is 4. The van der Waals surface area contributed by atoms with Gasteiger partial charge in [0.15, 0.2) is 0 Å². The van der Waals surface area contributed by atoms with E-state index in [4.69, 9.17) is 18.9 Å². The van der Waals surface area contributed by atoms with E-state index in [0.29, 0.717) is 12.8 Å². The van der Waals surface area contributed by atoms with Crippen LogP contribution in [0.4, 0.5) is 4.79 Å². The van der Waals surface area contributed by atoms with Gasteiger partial charge in [-0.1, -0.05) is 51.5 Å². The maximum absolute atomic E-state index is 12.9. The minimum atomic E-state index is -0.757. The molecule has 0 amide bonds. The number of hydrogen-bond donors (Lipinski definition) is 0. The summed E-state index contributed by atoms with van der Waals surface area (Å²) in [4.78, 5) is 39.7. The fourth-order valence-electron chi connectivity index (χ4n) is 7.28. The first-order valence-electron chi connectivity index (χ1n) is 16.5. The molecule has 0 N–H and O–H groups in total. The first-order chi connectivity index (χ1) is 20.4. The minimum absolute atomic E-state index is 0.0161. The Morgan fingerprint density at radius 3 is 2.10 bits per heavy atom. The van der Waals surface area contributed by atoms with Gasteiger partial charge in [0.05, 0.1) is 18.9 Å². The van der Waals surface area contributed by atoms with Gasteiger partial charge in [-0.2, -0.15) is 0 Å². The number of allylic oxidation sites excluding steroid dienone is 4. The van der Waals surface area contributed by atoms with Crippen molar-refractivity contribution in [1.82, 2.24) is 4.90 Å². The molecule has 4 aliphatic carbocycles. The molecule has 4 saturated carbocycles. The molecule has 0 aromatic rings. The van der Waals surface area contributed by atoms with Crippen LogP contribution in [0.1, 0.15) is 97.8 Å². The fourth-order valence-corrected chi connectivity index (χ4v) is 7.28. The Hall–Kier alpha value is -2.35. The molecule has 42 heavy (non-hydrogen) atoms. The van der Waals surface area contributed by atoms with Crippen molar-refractivity contribution in [2.75, 3.05) is 46.1 Å². The van der Waals surface area contributed by atoms with E-state index in [9.17, 15) is 14.4 Å². The quantitative estimate of drug-likeness (QED) is 0.0620. The molecule has 0 aromatic carbocycles. The van der Waals surface area contributed by atoms with Crippen molar-refractivity contribution in [1.29, 1.82) is 0 Å². The highest BCUT2D eigenvalue weighted by Gasteiger charge is 2.56. The number of esters is 2. The van der Waals surface area contributed by atoms with Crippen LogP contribution >= 0.6 is 0 Å². The maximum Gasteiger partial charge on any atom is 0.508 e. The highest BCUT2D eigenvalue weighted by atomic mass is 16.7. The Balaban J connectivity index is 1.40. The van der Waals surface area contributed by atoms with Crippen molar-refractivity contribution < 1.29 is 33.3 Å². The lowest BCUT2D eigenvalue weighted by Crippen LogP contribution is -2.32. The normalized spacial score (nSPS) is 25.0. The molecule has 4 fully saturated rings. The number of rotatable bonds is 21. The van der Waals surface area contributed by atoms with Gasteiger partial charge < -0.3 is 23.8 Å². The summed E-state index contributed by atoms with van der Waals surface area (Å²) < 4.78 is 21.7. The average molecular weight is 590 g/mol. The second kappa shape index (κ2) is 18.3. The van der Waals surface area contributed by atoms with Gasteiger partial charge in [-0.3, -0.25) is 9.59 Å². The molecule has 0 radical (unpaired) electrons. The summed E-state index contributed by atoms with van der Waals surface area (Å²) in [5.74, 6) is 1.39. The smallest absolute Gasteiger partial charge is 0.465 e. The van der Waals surface area contributed by atoms with Crippen LogP contribution < -0.4 is 0 Å². The third-order valence-electron chi connectivity index (χ3n) is 9.28. The number of nitrogens with zero attached hydrogens (tertiary/aromatic N) is 1. The van der Waals surface area contributed by atoms with Crippen LogP contribution in [0.15, 0.2) is 24.3 Å². The van der Waals surface area contributed by atoms with Crippen LogP contribution in [-0.4, -0.2) is 69.1 Å². The van der Waals surface area contributed by atoms with Crippen molar-refractivity contribution in [2.24, 2.45) is 29.1 Å². The van der Waals surface area contributed by atoms with Crippen LogP contribution in [0.3, 0.4) is 0 Å². The summed E-state index contributed by atoms with van der Waals surface area (Å²) in [6.07, 6.45) is 18.8. The zero-order valence-electron chi connectivity index (χ0n) is 26.4. The Kier molecular flexibility index (Phi) is 14.9. The first kappa shape index (κ1) is 34.1. The molecule has 0 saturated heterocycles. The van der Waals surface area contributed by atoms with Gasteiger partial charge in [-0.05, 0) is 94.0 Å². The van der Waals surface area contributed by atoms with E-state index in [0.717, 1.165) is 82.3 Å². The highest BCUT2D eigenvalue weighted by molar-refractivity contribution is 5.70. The van der Waals surface area contributed by atoms with Gasteiger partial charge in [0.1, 0.15) is 19.8 Å². The van der Waals surface area contributed by atoms with E-state index < -0.39 is 12.1 Å². The lowest BCUT2D eigenvalue weighted by Gasteiger charge is -2.37. The van der Waals surface area contributed by atoms with Gasteiger partial charge in [-0.25, -0.2) is 4.79 Å². The molecule has 0 heterocycles.